The summed E-state index contributed by atoms with van der Waals surface area (Å²) in [6, 6.07) is 13.3. The molecule has 1 unspecified atom stereocenters. The lowest BCUT2D eigenvalue weighted by molar-refractivity contribution is -0.140. The van der Waals surface area contributed by atoms with Gasteiger partial charge < -0.3 is 19.7 Å². The maximum absolute atomic E-state index is 13.4. The van der Waals surface area contributed by atoms with Crippen LogP contribution in [0.25, 0.3) is 10.9 Å². The van der Waals surface area contributed by atoms with Crippen molar-refractivity contribution in [3.8, 4) is 0 Å². The van der Waals surface area contributed by atoms with Crippen LogP contribution in [0.2, 0.25) is 5.02 Å². The number of ether oxygens (including phenoxy) is 1. The predicted octanol–water partition coefficient (Wildman–Crippen LogP) is 4.60. The number of nitrogens with zero attached hydrogens (tertiary/aromatic N) is 1. The molecule has 2 heterocycles. The first-order valence-corrected chi connectivity index (χ1v) is 11.9. The van der Waals surface area contributed by atoms with Crippen molar-refractivity contribution in [2.45, 2.75) is 30.2 Å². The standard InChI is InChI=1S/C24H22ClIN2O4/c1-28-18-7-6-17(26)20(25)16(18)12-19(28)21(29)27-24(10-11-32-13-24)15-4-2-14(3-5-15)23(8-9-23)22(30)31/h2-7,12H,8-11,13H2,1H3,(H,27,29)(H,30,31). The van der Waals surface area contributed by atoms with Crippen LogP contribution < -0.4 is 5.32 Å². The lowest BCUT2D eigenvalue weighted by Crippen LogP contribution is -2.47. The number of fused-ring (bicyclic) bond motifs is 1. The molecule has 1 saturated heterocycles. The molecule has 1 aromatic heterocycles. The van der Waals surface area contributed by atoms with E-state index in [9.17, 15) is 14.7 Å². The molecule has 1 atom stereocenters. The number of carbonyl (C=O) groups excluding carboxylic acids is 1. The summed E-state index contributed by atoms with van der Waals surface area (Å²) in [6.45, 7) is 0.908. The Kier molecular flexibility index (Phi) is 5.26. The van der Waals surface area contributed by atoms with Crippen LogP contribution in [0, 0.1) is 3.57 Å². The van der Waals surface area contributed by atoms with Crippen molar-refractivity contribution >= 4 is 57.0 Å². The zero-order valence-corrected chi connectivity index (χ0v) is 20.4. The SMILES string of the molecule is Cn1c(C(=O)NC2(c3ccc(C4(C(=O)O)CC4)cc3)CCOC2)cc2c(Cl)c(I)ccc21. The highest BCUT2D eigenvalue weighted by Gasteiger charge is 2.52. The molecule has 0 spiro atoms. The Morgan fingerprint density at radius 2 is 1.81 bits per heavy atom. The zero-order valence-electron chi connectivity index (χ0n) is 17.5. The van der Waals surface area contributed by atoms with Crippen molar-refractivity contribution in [2.75, 3.05) is 13.2 Å². The number of aryl methyl sites for hydroxylation is 1. The van der Waals surface area contributed by atoms with Crippen LogP contribution in [0.15, 0.2) is 42.5 Å². The highest BCUT2D eigenvalue weighted by Crippen LogP contribution is 2.48. The molecule has 1 aliphatic carbocycles. The predicted molar refractivity (Wildman–Crippen MR) is 130 cm³/mol. The molecule has 0 radical (unpaired) electrons. The number of hydrogen-bond donors (Lipinski definition) is 2. The van der Waals surface area contributed by atoms with Gasteiger partial charge in [-0.3, -0.25) is 9.59 Å². The number of nitrogens with one attached hydrogen (secondary N) is 1. The minimum absolute atomic E-state index is 0.200. The number of aliphatic carboxylic acids is 1. The van der Waals surface area contributed by atoms with E-state index in [0.29, 0.717) is 43.2 Å². The van der Waals surface area contributed by atoms with E-state index >= 15 is 0 Å². The van der Waals surface area contributed by atoms with E-state index in [-0.39, 0.29) is 5.91 Å². The molecule has 1 amide bonds. The monoisotopic (exact) mass is 564 g/mol. The molecule has 1 saturated carbocycles. The van der Waals surface area contributed by atoms with Crippen LogP contribution >= 0.6 is 34.2 Å². The van der Waals surface area contributed by atoms with Gasteiger partial charge in [0.2, 0.25) is 0 Å². The quantitative estimate of drug-likeness (QED) is 0.444. The van der Waals surface area contributed by atoms with Crippen LogP contribution in [-0.4, -0.2) is 34.8 Å². The number of halogens is 2. The number of benzene rings is 2. The van der Waals surface area contributed by atoms with E-state index in [2.05, 4.69) is 27.9 Å². The van der Waals surface area contributed by atoms with E-state index in [1.165, 1.54) is 0 Å². The van der Waals surface area contributed by atoms with Crippen LogP contribution in [0.4, 0.5) is 0 Å². The number of carbonyl (C=O) groups is 2. The van der Waals surface area contributed by atoms with Crippen LogP contribution in [0.3, 0.4) is 0 Å². The normalized spacial score (nSPS) is 21.6. The van der Waals surface area contributed by atoms with Crippen molar-refractivity contribution in [3.05, 3.63) is 67.9 Å². The molecule has 166 valence electrons. The maximum atomic E-state index is 13.4. The summed E-state index contributed by atoms with van der Waals surface area (Å²) >= 11 is 8.66. The van der Waals surface area contributed by atoms with Gasteiger partial charge in [-0.1, -0.05) is 35.9 Å². The molecular weight excluding hydrogens is 543 g/mol. The second kappa shape index (κ2) is 7.74. The summed E-state index contributed by atoms with van der Waals surface area (Å²) in [5, 5.41) is 14.3. The van der Waals surface area contributed by atoms with Gasteiger partial charge in [0.05, 0.1) is 22.6 Å². The lowest BCUT2D eigenvalue weighted by Gasteiger charge is -2.30. The van der Waals surface area contributed by atoms with Gasteiger partial charge in [-0.25, -0.2) is 0 Å². The van der Waals surface area contributed by atoms with Crippen molar-refractivity contribution < 1.29 is 19.4 Å². The third-order valence-corrected chi connectivity index (χ3v) is 8.49. The first-order chi connectivity index (χ1) is 15.3. The van der Waals surface area contributed by atoms with Crippen molar-refractivity contribution in [2.24, 2.45) is 7.05 Å². The Balaban J connectivity index is 1.47. The van der Waals surface area contributed by atoms with Crippen molar-refractivity contribution in [3.63, 3.8) is 0 Å². The average molecular weight is 565 g/mol. The molecule has 0 bridgehead atoms. The van der Waals surface area contributed by atoms with Gasteiger partial charge in [0, 0.05) is 34.5 Å². The van der Waals surface area contributed by atoms with Crippen LogP contribution in [0.5, 0.6) is 0 Å². The Morgan fingerprint density at radius 3 is 2.41 bits per heavy atom. The van der Waals surface area contributed by atoms with Crippen LogP contribution in [-0.2, 0) is 27.5 Å². The van der Waals surface area contributed by atoms with Gasteiger partial charge in [0.25, 0.3) is 5.91 Å². The minimum Gasteiger partial charge on any atom is -0.481 e. The molecule has 8 heteroatoms. The number of aromatic nitrogens is 1. The molecule has 1 aliphatic heterocycles. The Morgan fingerprint density at radius 1 is 1.12 bits per heavy atom. The Labute approximate surface area is 204 Å². The molecule has 6 nitrogen and oxygen atoms in total. The van der Waals surface area contributed by atoms with Gasteiger partial charge in [0.1, 0.15) is 5.69 Å². The molecule has 2 N–H and O–H groups in total. The zero-order chi connectivity index (χ0) is 22.7. The Hall–Kier alpha value is -2.10. The number of rotatable bonds is 5. The van der Waals surface area contributed by atoms with Gasteiger partial charge >= 0.3 is 5.97 Å². The molecule has 2 fully saturated rings. The molecular formula is C24H22ClIN2O4. The summed E-state index contributed by atoms with van der Waals surface area (Å²) < 4.78 is 8.47. The average Bonchev–Trinajstić information content (AvgIpc) is 3.35. The largest absolute Gasteiger partial charge is 0.481 e. The van der Waals surface area contributed by atoms with E-state index in [4.69, 9.17) is 16.3 Å². The first-order valence-electron chi connectivity index (χ1n) is 10.5. The number of carboxylic acid groups (broad SMARTS) is 1. The fourth-order valence-corrected chi connectivity index (χ4v) is 5.36. The third-order valence-electron chi connectivity index (χ3n) is 6.87. The molecule has 3 aromatic rings. The van der Waals surface area contributed by atoms with Crippen molar-refractivity contribution in [1.82, 2.24) is 9.88 Å². The summed E-state index contributed by atoms with van der Waals surface area (Å²) in [7, 11) is 1.86. The highest BCUT2D eigenvalue weighted by molar-refractivity contribution is 14.1. The van der Waals surface area contributed by atoms with E-state index in [0.717, 1.165) is 25.6 Å². The molecule has 32 heavy (non-hydrogen) atoms. The second-order valence-electron chi connectivity index (χ2n) is 8.69. The lowest BCUT2D eigenvalue weighted by atomic mass is 9.86. The van der Waals surface area contributed by atoms with Gasteiger partial charge in [-0.05, 0) is 64.8 Å². The maximum Gasteiger partial charge on any atom is 0.314 e. The van der Waals surface area contributed by atoms with Crippen molar-refractivity contribution in [1.29, 1.82) is 0 Å². The number of carboxylic acids is 1. The smallest absolute Gasteiger partial charge is 0.314 e. The van der Waals surface area contributed by atoms with Gasteiger partial charge in [-0.15, -0.1) is 0 Å². The molecule has 5 rings (SSSR count). The number of amides is 1. The molecule has 2 aromatic carbocycles. The van der Waals surface area contributed by atoms with E-state index < -0.39 is 16.9 Å². The second-order valence-corrected chi connectivity index (χ2v) is 10.2. The summed E-state index contributed by atoms with van der Waals surface area (Å²) in [5.41, 5.74) is 1.73. The topological polar surface area (TPSA) is 80.6 Å². The summed E-state index contributed by atoms with van der Waals surface area (Å²) in [4.78, 5) is 25.0. The highest BCUT2D eigenvalue weighted by atomic mass is 127. The first kappa shape index (κ1) is 21.7. The summed E-state index contributed by atoms with van der Waals surface area (Å²) in [5.74, 6) is -0.977. The van der Waals surface area contributed by atoms with Gasteiger partial charge in [0.15, 0.2) is 0 Å². The van der Waals surface area contributed by atoms with Crippen LogP contribution in [0.1, 0.15) is 40.9 Å². The van der Waals surface area contributed by atoms with E-state index in [1.807, 2.05) is 54.1 Å². The van der Waals surface area contributed by atoms with E-state index in [1.54, 1.807) is 0 Å². The summed E-state index contributed by atoms with van der Waals surface area (Å²) in [6.07, 6.45) is 1.97. The fourth-order valence-electron chi connectivity index (χ4n) is 4.67. The third kappa shape index (κ3) is 3.33. The minimum atomic E-state index is -0.776. The Bertz CT molecular complexity index is 1240. The fraction of sp³-hybridized carbons (Fsp3) is 0.333. The van der Waals surface area contributed by atoms with Gasteiger partial charge in [-0.2, -0.15) is 0 Å². The number of hydrogen-bond acceptors (Lipinski definition) is 3. The molecule has 2 aliphatic rings.